The van der Waals surface area contributed by atoms with Gasteiger partial charge in [-0.05, 0) is 16.6 Å². The molecule has 0 aromatic rings. The molecule has 0 aromatic carbocycles. The molecule has 1 heterocycles. The van der Waals surface area contributed by atoms with E-state index in [0.717, 1.165) is 0 Å². The summed E-state index contributed by atoms with van der Waals surface area (Å²) in [5.41, 5.74) is 0.693. The molecular weight excluding hydrogens is 351 g/mol. The SMILES string of the molecule is COCO[C@@H]1[C@@H](OC)[C@@H](C)COC1(O)/C(C)=C/I. The lowest BCUT2D eigenvalue weighted by atomic mass is 9.88. The minimum Gasteiger partial charge on any atom is -0.378 e. The van der Waals surface area contributed by atoms with Crippen LogP contribution in [0, 0.1) is 5.92 Å². The first-order valence-electron chi connectivity index (χ1n) is 5.78. The molecule has 0 bridgehead atoms. The summed E-state index contributed by atoms with van der Waals surface area (Å²) in [6.45, 7) is 4.30. The molecule has 106 valence electrons. The van der Waals surface area contributed by atoms with E-state index in [0.29, 0.717) is 12.2 Å². The van der Waals surface area contributed by atoms with Crippen LogP contribution in [0.5, 0.6) is 0 Å². The van der Waals surface area contributed by atoms with E-state index in [2.05, 4.69) is 22.6 Å². The molecule has 1 saturated heterocycles. The van der Waals surface area contributed by atoms with Gasteiger partial charge < -0.3 is 24.1 Å². The molecule has 1 N–H and O–H groups in total. The Hall–Kier alpha value is 0.270. The lowest BCUT2D eigenvalue weighted by molar-refractivity contribution is -0.316. The minimum atomic E-state index is -1.47. The van der Waals surface area contributed by atoms with Gasteiger partial charge in [0.05, 0.1) is 12.7 Å². The summed E-state index contributed by atoms with van der Waals surface area (Å²) < 4.78 is 23.3. The molecule has 4 atom stereocenters. The van der Waals surface area contributed by atoms with Crippen LogP contribution in [0.4, 0.5) is 0 Å². The second-order valence-electron chi connectivity index (χ2n) is 4.47. The molecule has 0 amide bonds. The summed E-state index contributed by atoms with van der Waals surface area (Å²) in [6.07, 6.45) is -0.859. The van der Waals surface area contributed by atoms with Crippen LogP contribution in [0.2, 0.25) is 0 Å². The normalized spacial score (nSPS) is 37.9. The zero-order valence-corrected chi connectivity index (χ0v) is 13.3. The van der Waals surface area contributed by atoms with Gasteiger partial charge in [0.25, 0.3) is 0 Å². The fraction of sp³-hybridized carbons (Fsp3) is 0.833. The molecule has 0 saturated carbocycles. The number of halogens is 1. The van der Waals surface area contributed by atoms with E-state index < -0.39 is 11.9 Å². The molecule has 0 aromatic heterocycles. The fourth-order valence-corrected chi connectivity index (χ4v) is 2.52. The minimum absolute atomic E-state index is 0.0808. The van der Waals surface area contributed by atoms with E-state index in [1.54, 1.807) is 18.1 Å². The molecule has 1 rings (SSSR count). The number of hydrogen-bond donors (Lipinski definition) is 1. The lowest BCUT2D eigenvalue weighted by Gasteiger charge is -2.46. The van der Waals surface area contributed by atoms with E-state index >= 15 is 0 Å². The zero-order valence-electron chi connectivity index (χ0n) is 11.2. The van der Waals surface area contributed by atoms with Crippen molar-refractivity contribution in [2.75, 3.05) is 27.6 Å². The molecule has 0 radical (unpaired) electrons. The first-order valence-corrected chi connectivity index (χ1v) is 7.03. The van der Waals surface area contributed by atoms with Gasteiger partial charge in [-0.1, -0.05) is 29.5 Å². The Kier molecular flexibility index (Phi) is 6.49. The Morgan fingerprint density at radius 1 is 1.56 bits per heavy atom. The summed E-state index contributed by atoms with van der Waals surface area (Å²) in [5, 5.41) is 10.7. The Morgan fingerprint density at radius 2 is 2.22 bits per heavy atom. The van der Waals surface area contributed by atoms with Crippen LogP contribution >= 0.6 is 22.6 Å². The molecule has 1 aliphatic rings. The fourth-order valence-electron chi connectivity index (χ4n) is 2.08. The van der Waals surface area contributed by atoms with Gasteiger partial charge in [0.15, 0.2) is 0 Å². The molecule has 0 spiro atoms. The zero-order chi connectivity index (χ0) is 13.8. The van der Waals surface area contributed by atoms with Crippen LogP contribution in [-0.2, 0) is 18.9 Å². The molecule has 1 unspecified atom stereocenters. The lowest BCUT2D eigenvalue weighted by Crippen LogP contribution is -2.60. The first kappa shape index (κ1) is 16.3. The molecule has 1 fully saturated rings. The number of hydrogen-bond acceptors (Lipinski definition) is 5. The van der Waals surface area contributed by atoms with Crippen molar-refractivity contribution in [3.63, 3.8) is 0 Å². The monoisotopic (exact) mass is 372 g/mol. The summed E-state index contributed by atoms with van der Waals surface area (Å²) in [6, 6.07) is 0. The highest BCUT2D eigenvalue weighted by atomic mass is 127. The van der Waals surface area contributed by atoms with Crippen molar-refractivity contribution >= 4 is 22.6 Å². The van der Waals surface area contributed by atoms with Crippen LogP contribution < -0.4 is 0 Å². The number of rotatable bonds is 5. The quantitative estimate of drug-likeness (QED) is 0.588. The predicted molar refractivity (Wildman–Crippen MR) is 75.4 cm³/mol. The van der Waals surface area contributed by atoms with Crippen molar-refractivity contribution in [2.45, 2.75) is 31.8 Å². The smallest absolute Gasteiger partial charge is 0.218 e. The number of aliphatic hydroxyl groups is 1. The predicted octanol–water partition coefficient (Wildman–Crippen LogP) is 1.68. The van der Waals surface area contributed by atoms with Gasteiger partial charge in [0.1, 0.15) is 12.9 Å². The molecule has 18 heavy (non-hydrogen) atoms. The average molecular weight is 372 g/mol. The highest BCUT2D eigenvalue weighted by molar-refractivity contribution is 14.1. The van der Waals surface area contributed by atoms with Crippen molar-refractivity contribution in [3.05, 3.63) is 9.66 Å². The maximum Gasteiger partial charge on any atom is 0.218 e. The first-order chi connectivity index (χ1) is 8.51. The van der Waals surface area contributed by atoms with E-state index in [9.17, 15) is 5.11 Å². The Morgan fingerprint density at radius 3 is 2.72 bits per heavy atom. The van der Waals surface area contributed by atoms with Gasteiger partial charge in [-0.3, -0.25) is 0 Å². The summed E-state index contributed by atoms with van der Waals surface area (Å²) >= 11 is 2.07. The standard InChI is InChI=1S/C12H21IO5/c1-8-6-18-12(14,9(2)5-13)11(10(8)16-4)17-7-15-3/h5,8,10-11,14H,6-7H2,1-4H3/b9-5+/t8-,10-,11+,12?/m0/s1. The second-order valence-corrected chi connectivity index (χ2v) is 5.09. The van der Waals surface area contributed by atoms with Crippen molar-refractivity contribution in [1.29, 1.82) is 0 Å². The van der Waals surface area contributed by atoms with Crippen LogP contribution in [0.25, 0.3) is 0 Å². The topological polar surface area (TPSA) is 57.2 Å². The average Bonchev–Trinajstić information content (AvgIpc) is 2.38. The van der Waals surface area contributed by atoms with Crippen molar-refractivity contribution in [3.8, 4) is 0 Å². The van der Waals surface area contributed by atoms with Crippen LogP contribution in [0.15, 0.2) is 9.66 Å². The maximum atomic E-state index is 10.7. The van der Waals surface area contributed by atoms with Gasteiger partial charge >= 0.3 is 0 Å². The van der Waals surface area contributed by atoms with E-state index in [4.69, 9.17) is 18.9 Å². The van der Waals surface area contributed by atoms with E-state index in [-0.39, 0.29) is 18.8 Å². The maximum absolute atomic E-state index is 10.7. The number of ether oxygens (including phenoxy) is 4. The molecule has 5 nitrogen and oxygen atoms in total. The van der Waals surface area contributed by atoms with Crippen LogP contribution in [0.3, 0.4) is 0 Å². The molecular formula is C12H21IO5. The molecule has 6 heteroatoms. The van der Waals surface area contributed by atoms with E-state index in [1.807, 2.05) is 6.92 Å². The number of methoxy groups -OCH3 is 2. The van der Waals surface area contributed by atoms with Gasteiger partial charge in [-0.25, -0.2) is 0 Å². The third-order valence-electron chi connectivity index (χ3n) is 3.18. The van der Waals surface area contributed by atoms with Crippen LogP contribution in [0.1, 0.15) is 13.8 Å². The Bertz CT molecular complexity index is 296. The highest BCUT2D eigenvalue weighted by Crippen LogP contribution is 2.36. The Balaban J connectivity index is 2.99. The summed E-state index contributed by atoms with van der Waals surface area (Å²) in [5.74, 6) is -1.33. The molecule has 1 aliphatic heterocycles. The van der Waals surface area contributed by atoms with Crippen molar-refractivity contribution < 1.29 is 24.1 Å². The van der Waals surface area contributed by atoms with Crippen molar-refractivity contribution in [1.82, 2.24) is 0 Å². The third kappa shape index (κ3) is 3.23. The van der Waals surface area contributed by atoms with Gasteiger partial charge in [-0.2, -0.15) is 0 Å². The van der Waals surface area contributed by atoms with Crippen molar-refractivity contribution in [2.24, 2.45) is 5.92 Å². The highest BCUT2D eigenvalue weighted by Gasteiger charge is 2.51. The van der Waals surface area contributed by atoms with Crippen LogP contribution in [-0.4, -0.2) is 50.7 Å². The van der Waals surface area contributed by atoms with E-state index in [1.165, 1.54) is 7.11 Å². The summed E-state index contributed by atoms with van der Waals surface area (Å²) in [7, 11) is 3.15. The third-order valence-corrected chi connectivity index (χ3v) is 4.11. The molecule has 0 aliphatic carbocycles. The largest absolute Gasteiger partial charge is 0.378 e. The Labute approximate surface area is 122 Å². The van der Waals surface area contributed by atoms with Gasteiger partial charge in [-0.15, -0.1) is 0 Å². The second kappa shape index (κ2) is 7.16. The summed E-state index contributed by atoms with van der Waals surface area (Å²) in [4.78, 5) is 0. The van der Waals surface area contributed by atoms with Gasteiger partial charge in [0.2, 0.25) is 5.79 Å². The van der Waals surface area contributed by atoms with Gasteiger partial charge in [0, 0.05) is 20.1 Å².